The molecule has 0 spiro atoms. The summed E-state index contributed by atoms with van der Waals surface area (Å²) in [5, 5.41) is 3.09. The number of para-hydroxylation sites is 1. The van der Waals surface area contributed by atoms with Gasteiger partial charge in [-0.3, -0.25) is 9.69 Å². The number of anilines is 1. The van der Waals surface area contributed by atoms with Crippen molar-refractivity contribution in [1.82, 2.24) is 10.2 Å². The molecule has 2 aliphatic heterocycles. The average Bonchev–Trinajstić information content (AvgIpc) is 2.88. The lowest BCUT2D eigenvalue weighted by molar-refractivity contribution is 0.0952. The first-order valence-corrected chi connectivity index (χ1v) is 12.3. The number of carbonyl (C=O) groups is 1. The van der Waals surface area contributed by atoms with Gasteiger partial charge in [0.15, 0.2) is 0 Å². The normalized spacial score (nSPS) is 17.8. The van der Waals surface area contributed by atoms with Gasteiger partial charge in [-0.25, -0.2) is 0 Å². The van der Waals surface area contributed by atoms with E-state index in [1.807, 2.05) is 42.5 Å². The maximum Gasteiger partial charge on any atom is 0.251 e. The Balaban J connectivity index is 1.03. The number of nitrogens with zero attached hydrogens (tertiary/aromatic N) is 2. The Bertz CT molecular complexity index is 1060. The van der Waals surface area contributed by atoms with Gasteiger partial charge in [-0.05, 0) is 67.1 Å². The monoisotopic (exact) mass is 439 g/mol. The van der Waals surface area contributed by atoms with Crippen molar-refractivity contribution in [3.05, 3.63) is 90.0 Å². The molecule has 1 atom stereocenters. The molecule has 0 aromatic heterocycles. The number of piperazine rings is 1. The molecule has 5 rings (SSSR count). The molecule has 3 aromatic carbocycles. The van der Waals surface area contributed by atoms with E-state index < -0.39 is 0 Å². The van der Waals surface area contributed by atoms with E-state index in [1.165, 1.54) is 29.7 Å². The predicted octanol–water partition coefficient (Wildman–Crippen LogP) is 5.00. The first-order valence-electron chi connectivity index (χ1n) is 12.3. The Kier molecular flexibility index (Phi) is 6.73. The lowest BCUT2D eigenvalue weighted by atomic mass is 9.94. The molecular formula is C29H33N3O. The number of hydrogen-bond donors (Lipinski definition) is 1. The number of carbonyl (C=O) groups excluding carboxylic acids is 1. The Labute approximate surface area is 197 Å². The van der Waals surface area contributed by atoms with Crippen LogP contribution in [0, 0.1) is 0 Å². The minimum atomic E-state index is 0.0177. The van der Waals surface area contributed by atoms with Crippen molar-refractivity contribution in [2.45, 2.75) is 31.7 Å². The minimum absolute atomic E-state index is 0.0177. The average molecular weight is 440 g/mol. The van der Waals surface area contributed by atoms with Crippen LogP contribution in [0.25, 0.3) is 11.1 Å². The van der Waals surface area contributed by atoms with Crippen LogP contribution in [0.2, 0.25) is 0 Å². The highest BCUT2D eigenvalue weighted by molar-refractivity contribution is 5.94. The maximum atomic E-state index is 12.5. The van der Waals surface area contributed by atoms with Gasteiger partial charge in [-0.1, -0.05) is 60.7 Å². The molecule has 0 bridgehead atoms. The quantitative estimate of drug-likeness (QED) is 0.526. The molecule has 1 unspecified atom stereocenters. The topological polar surface area (TPSA) is 35.6 Å². The van der Waals surface area contributed by atoms with Crippen LogP contribution in [0.1, 0.15) is 35.2 Å². The standard InChI is InChI=1S/C29H33N3O/c33-29(26-14-12-24(13-15-26)23-8-2-1-3-9-23)30-18-6-7-19-31-20-21-32-27(22-31)17-16-25-10-4-5-11-28(25)32/h1-5,8-15,27H,6-7,16-22H2,(H,30,33). The molecule has 0 radical (unpaired) electrons. The predicted molar refractivity (Wildman–Crippen MR) is 136 cm³/mol. The van der Waals surface area contributed by atoms with Gasteiger partial charge in [-0.2, -0.15) is 0 Å². The summed E-state index contributed by atoms with van der Waals surface area (Å²) >= 11 is 0. The van der Waals surface area contributed by atoms with Crippen LogP contribution in [0.15, 0.2) is 78.9 Å². The molecule has 170 valence electrons. The van der Waals surface area contributed by atoms with Crippen molar-refractivity contribution in [2.75, 3.05) is 37.6 Å². The molecular weight excluding hydrogens is 406 g/mol. The number of benzene rings is 3. The number of rotatable bonds is 7. The third-order valence-electron chi connectivity index (χ3n) is 7.06. The highest BCUT2D eigenvalue weighted by Gasteiger charge is 2.30. The number of amides is 1. The van der Waals surface area contributed by atoms with E-state index in [4.69, 9.17) is 0 Å². The highest BCUT2D eigenvalue weighted by atomic mass is 16.1. The Morgan fingerprint density at radius 3 is 2.45 bits per heavy atom. The molecule has 4 heteroatoms. The summed E-state index contributed by atoms with van der Waals surface area (Å²) in [5.41, 5.74) is 5.99. The van der Waals surface area contributed by atoms with E-state index in [-0.39, 0.29) is 5.91 Å². The maximum absolute atomic E-state index is 12.5. The molecule has 1 saturated heterocycles. The highest BCUT2D eigenvalue weighted by Crippen LogP contribution is 2.32. The summed E-state index contributed by atoms with van der Waals surface area (Å²) in [4.78, 5) is 17.7. The van der Waals surface area contributed by atoms with Gasteiger partial charge in [0.2, 0.25) is 0 Å². The lowest BCUT2D eigenvalue weighted by Crippen LogP contribution is -2.55. The molecule has 3 aromatic rings. The zero-order chi connectivity index (χ0) is 22.5. The third kappa shape index (κ3) is 5.12. The lowest BCUT2D eigenvalue weighted by Gasteiger charge is -2.46. The van der Waals surface area contributed by atoms with Crippen LogP contribution < -0.4 is 10.2 Å². The summed E-state index contributed by atoms with van der Waals surface area (Å²) in [7, 11) is 0. The Morgan fingerprint density at radius 1 is 0.848 bits per heavy atom. The zero-order valence-corrected chi connectivity index (χ0v) is 19.2. The fraction of sp³-hybridized carbons (Fsp3) is 0.345. The van der Waals surface area contributed by atoms with Gasteiger partial charge in [0.1, 0.15) is 0 Å². The summed E-state index contributed by atoms with van der Waals surface area (Å²) in [6.07, 6.45) is 4.59. The first-order chi connectivity index (χ1) is 16.3. The molecule has 2 aliphatic rings. The molecule has 1 amide bonds. The molecule has 0 saturated carbocycles. The molecule has 1 fully saturated rings. The van der Waals surface area contributed by atoms with E-state index in [0.29, 0.717) is 6.04 Å². The van der Waals surface area contributed by atoms with Crippen molar-refractivity contribution in [1.29, 1.82) is 0 Å². The summed E-state index contributed by atoms with van der Waals surface area (Å²) in [5.74, 6) is 0.0177. The smallest absolute Gasteiger partial charge is 0.251 e. The van der Waals surface area contributed by atoms with Crippen molar-refractivity contribution >= 4 is 11.6 Å². The fourth-order valence-corrected chi connectivity index (χ4v) is 5.22. The van der Waals surface area contributed by atoms with Gasteiger partial charge in [0.25, 0.3) is 5.91 Å². The number of hydrogen-bond acceptors (Lipinski definition) is 3. The van der Waals surface area contributed by atoms with Gasteiger partial charge in [-0.15, -0.1) is 0 Å². The van der Waals surface area contributed by atoms with Crippen LogP contribution in [0.3, 0.4) is 0 Å². The summed E-state index contributed by atoms with van der Waals surface area (Å²) in [6, 6.07) is 27.7. The van der Waals surface area contributed by atoms with E-state index >= 15 is 0 Å². The molecule has 0 aliphatic carbocycles. The number of unbranched alkanes of at least 4 members (excludes halogenated alkanes) is 1. The fourth-order valence-electron chi connectivity index (χ4n) is 5.22. The van der Waals surface area contributed by atoms with Crippen LogP contribution in [0.5, 0.6) is 0 Å². The molecule has 4 nitrogen and oxygen atoms in total. The van der Waals surface area contributed by atoms with Crippen LogP contribution in [0.4, 0.5) is 5.69 Å². The van der Waals surface area contributed by atoms with Crippen molar-refractivity contribution < 1.29 is 4.79 Å². The van der Waals surface area contributed by atoms with Gasteiger partial charge in [0.05, 0.1) is 0 Å². The second kappa shape index (κ2) is 10.2. The number of nitrogens with one attached hydrogen (secondary N) is 1. The Morgan fingerprint density at radius 2 is 1.61 bits per heavy atom. The van der Waals surface area contributed by atoms with E-state index in [9.17, 15) is 4.79 Å². The SMILES string of the molecule is O=C(NCCCCN1CCN2c3ccccc3CCC2C1)c1ccc(-c2ccccc2)cc1. The van der Waals surface area contributed by atoms with Crippen LogP contribution in [-0.2, 0) is 6.42 Å². The van der Waals surface area contributed by atoms with Crippen molar-refractivity contribution in [3.8, 4) is 11.1 Å². The first kappa shape index (κ1) is 21.7. The molecule has 1 N–H and O–H groups in total. The van der Waals surface area contributed by atoms with Crippen LogP contribution in [-0.4, -0.2) is 49.6 Å². The van der Waals surface area contributed by atoms with E-state index in [2.05, 4.69) is 51.5 Å². The van der Waals surface area contributed by atoms with Crippen molar-refractivity contribution in [3.63, 3.8) is 0 Å². The largest absolute Gasteiger partial charge is 0.366 e. The van der Waals surface area contributed by atoms with Gasteiger partial charge in [0, 0.05) is 43.5 Å². The van der Waals surface area contributed by atoms with E-state index in [0.717, 1.165) is 56.7 Å². The third-order valence-corrected chi connectivity index (χ3v) is 7.06. The van der Waals surface area contributed by atoms with Crippen LogP contribution >= 0.6 is 0 Å². The minimum Gasteiger partial charge on any atom is -0.366 e. The Hall–Kier alpha value is -3.11. The second-order valence-corrected chi connectivity index (χ2v) is 9.22. The summed E-state index contributed by atoms with van der Waals surface area (Å²) < 4.78 is 0. The van der Waals surface area contributed by atoms with Gasteiger partial charge < -0.3 is 10.2 Å². The summed E-state index contributed by atoms with van der Waals surface area (Å²) in [6.45, 7) is 5.26. The van der Waals surface area contributed by atoms with Crippen molar-refractivity contribution in [2.24, 2.45) is 0 Å². The molecule has 2 heterocycles. The number of fused-ring (bicyclic) bond motifs is 3. The van der Waals surface area contributed by atoms with Gasteiger partial charge >= 0.3 is 0 Å². The zero-order valence-electron chi connectivity index (χ0n) is 19.2. The number of aryl methyl sites for hydroxylation is 1. The second-order valence-electron chi connectivity index (χ2n) is 9.22. The van der Waals surface area contributed by atoms with E-state index in [1.54, 1.807) is 0 Å². The molecule has 33 heavy (non-hydrogen) atoms.